The van der Waals surface area contributed by atoms with E-state index in [1.165, 1.54) is 35.5 Å². The van der Waals surface area contributed by atoms with Crippen LogP contribution in [0.15, 0.2) is 59.5 Å². The van der Waals surface area contributed by atoms with Crippen LogP contribution in [-0.4, -0.2) is 43.4 Å². The van der Waals surface area contributed by atoms with E-state index in [4.69, 9.17) is 5.73 Å². The molecule has 164 valence electrons. The Labute approximate surface area is 181 Å². The van der Waals surface area contributed by atoms with Crippen molar-refractivity contribution in [2.24, 2.45) is 11.7 Å². The Hall–Kier alpha value is -3.04. The van der Waals surface area contributed by atoms with Crippen molar-refractivity contribution in [3.63, 3.8) is 0 Å². The van der Waals surface area contributed by atoms with Crippen LogP contribution in [0.4, 0.5) is 0 Å². The van der Waals surface area contributed by atoms with E-state index in [-0.39, 0.29) is 29.7 Å². The SMILES string of the molecule is CC(=O)c1ccc(S(=O)(=O)N2CCC(C(=O)NC(C(N)=O)c3ccccc3)CC2)cc1. The van der Waals surface area contributed by atoms with Crippen molar-refractivity contribution >= 4 is 27.6 Å². The average Bonchev–Trinajstić information content (AvgIpc) is 2.77. The lowest BCUT2D eigenvalue weighted by Gasteiger charge is -2.31. The van der Waals surface area contributed by atoms with E-state index in [0.717, 1.165) is 0 Å². The van der Waals surface area contributed by atoms with Crippen LogP contribution in [0.3, 0.4) is 0 Å². The third-order valence-corrected chi connectivity index (χ3v) is 7.34. The van der Waals surface area contributed by atoms with Crippen LogP contribution in [0.5, 0.6) is 0 Å². The summed E-state index contributed by atoms with van der Waals surface area (Å²) in [5, 5.41) is 2.69. The minimum absolute atomic E-state index is 0.110. The van der Waals surface area contributed by atoms with Gasteiger partial charge in [0, 0.05) is 24.6 Å². The molecule has 1 unspecified atom stereocenters. The first-order chi connectivity index (χ1) is 14.7. The topological polar surface area (TPSA) is 127 Å². The maximum atomic E-state index is 12.9. The smallest absolute Gasteiger partial charge is 0.244 e. The van der Waals surface area contributed by atoms with Gasteiger partial charge >= 0.3 is 0 Å². The molecule has 2 aromatic carbocycles. The number of Topliss-reactive ketones (excluding diaryl/α,β-unsaturated/α-hetero) is 1. The quantitative estimate of drug-likeness (QED) is 0.629. The molecule has 31 heavy (non-hydrogen) atoms. The lowest BCUT2D eigenvalue weighted by Crippen LogP contribution is -2.45. The summed E-state index contributed by atoms with van der Waals surface area (Å²) in [5.41, 5.74) is 6.49. The third-order valence-electron chi connectivity index (χ3n) is 5.43. The van der Waals surface area contributed by atoms with Crippen LogP contribution < -0.4 is 11.1 Å². The lowest BCUT2D eigenvalue weighted by atomic mass is 9.96. The second-order valence-corrected chi connectivity index (χ2v) is 9.45. The number of hydrogen-bond donors (Lipinski definition) is 2. The maximum Gasteiger partial charge on any atom is 0.244 e. The van der Waals surface area contributed by atoms with E-state index in [1.807, 2.05) is 0 Å². The van der Waals surface area contributed by atoms with Crippen molar-refractivity contribution in [1.29, 1.82) is 0 Å². The van der Waals surface area contributed by atoms with Crippen molar-refractivity contribution in [1.82, 2.24) is 9.62 Å². The molecule has 0 spiro atoms. The fourth-order valence-electron chi connectivity index (χ4n) is 3.59. The second kappa shape index (κ2) is 9.40. The molecular formula is C22H25N3O5S. The summed E-state index contributed by atoms with van der Waals surface area (Å²) in [7, 11) is -3.72. The zero-order valence-electron chi connectivity index (χ0n) is 17.2. The van der Waals surface area contributed by atoms with Crippen molar-refractivity contribution in [3.05, 3.63) is 65.7 Å². The van der Waals surface area contributed by atoms with Gasteiger partial charge in [0.2, 0.25) is 21.8 Å². The highest BCUT2D eigenvalue weighted by atomic mass is 32.2. The number of benzene rings is 2. The van der Waals surface area contributed by atoms with Gasteiger partial charge < -0.3 is 11.1 Å². The minimum Gasteiger partial charge on any atom is -0.368 e. The number of carbonyl (C=O) groups excluding carboxylic acids is 3. The zero-order valence-corrected chi connectivity index (χ0v) is 18.0. The van der Waals surface area contributed by atoms with Crippen LogP contribution >= 0.6 is 0 Å². The fourth-order valence-corrected chi connectivity index (χ4v) is 5.06. The predicted octanol–water partition coefficient (Wildman–Crippen LogP) is 1.63. The average molecular weight is 444 g/mol. The van der Waals surface area contributed by atoms with Crippen LogP contribution in [-0.2, 0) is 19.6 Å². The molecule has 3 N–H and O–H groups in total. The van der Waals surface area contributed by atoms with Gasteiger partial charge in [-0.3, -0.25) is 14.4 Å². The van der Waals surface area contributed by atoms with Crippen LogP contribution in [0.25, 0.3) is 0 Å². The van der Waals surface area contributed by atoms with Gasteiger partial charge in [-0.25, -0.2) is 8.42 Å². The number of piperidine rings is 1. The first-order valence-electron chi connectivity index (χ1n) is 9.96. The molecule has 1 fully saturated rings. The summed E-state index contributed by atoms with van der Waals surface area (Å²) in [6.45, 7) is 1.78. The molecule has 9 heteroatoms. The molecule has 0 aliphatic carbocycles. The molecular weight excluding hydrogens is 418 g/mol. The number of hydrogen-bond acceptors (Lipinski definition) is 5. The molecule has 2 aromatic rings. The summed E-state index contributed by atoms with van der Waals surface area (Å²) in [6.07, 6.45) is 0.660. The van der Waals surface area contributed by atoms with Crippen LogP contribution in [0, 0.1) is 5.92 Å². The van der Waals surface area contributed by atoms with Gasteiger partial charge in [0.25, 0.3) is 0 Å². The van der Waals surface area contributed by atoms with Gasteiger partial charge in [-0.15, -0.1) is 0 Å². The number of ketones is 1. The number of amides is 2. The molecule has 1 aliphatic heterocycles. The van der Waals surface area contributed by atoms with Crippen molar-refractivity contribution in [2.45, 2.75) is 30.7 Å². The van der Waals surface area contributed by atoms with E-state index in [2.05, 4.69) is 5.32 Å². The van der Waals surface area contributed by atoms with Crippen molar-refractivity contribution in [3.8, 4) is 0 Å². The van der Waals surface area contributed by atoms with Crippen LogP contribution in [0.2, 0.25) is 0 Å². The predicted molar refractivity (Wildman–Crippen MR) is 114 cm³/mol. The summed E-state index contributed by atoms with van der Waals surface area (Å²) < 4.78 is 27.1. The second-order valence-electron chi connectivity index (χ2n) is 7.51. The Morgan fingerprint density at radius 2 is 1.58 bits per heavy atom. The van der Waals surface area contributed by atoms with Gasteiger partial charge in [0.1, 0.15) is 6.04 Å². The number of nitrogens with one attached hydrogen (secondary N) is 1. The van der Waals surface area contributed by atoms with Gasteiger partial charge in [-0.05, 0) is 37.5 Å². The summed E-state index contributed by atoms with van der Waals surface area (Å²) in [4.78, 5) is 36.0. The normalized spacial score (nSPS) is 16.4. The molecule has 1 saturated heterocycles. The molecule has 1 heterocycles. The highest BCUT2D eigenvalue weighted by molar-refractivity contribution is 7.89. The molecule has 0 aromatic heterocycles. The Morgan fingerprint density at radius 3 is 2.10 bits per heavy atom. The molecule has 3 rings (SSSR count). The number of nitrogens with zero attached hydrogens (tertiary/aromatic N) is 1. The standard InChI is InChI=1S/C22H25N3O5S/c1-15(26)16-7-9-19(10-8-16)31(29,30)25-13-11-18(12-14-25)22(28)24-20(21(23)27)17-5-3-2-4-6-17/h2-10,18,20H,11-14H2,1H3,(H2,23,27)(H,24,28). The number of primary amides is 1. The first kappa shape index (κ1) is 22.6. The monoisotopic (exact) mass is 443 g/mol. The van der Waals surface area contributed by atoms with Crippen molar-refractivity contribution in [2.75, 3.05) is 13.1 Å². The van der Waals surface area contributed by atoms with E-state index >= 15 is 0 Å². The molecule has 0 saturated carbocycles. The summed E-state index contributed by atoms with van der Waals surface area (Å²) in [5.74, 6) is -1.54. The molecule has 1 atom stereocenters. The summed E-state index contributed by atoms with van der Waals surface area (Å²) >= 11 is 0. The minimum atomic E-state index is -3.72. The van der Waals surface area contributed by atoms with E-state index < -0.39 is 27.9 Å². The van der Waals surface area contributed by atoms with Gasteiger partial charge in [0.05, 0.1) is 4.90 Å². The fraction of sp³-hybridized carbons (Fsp3) is 0.318. The Bertz CT molecular complexity index is 1060. The highest BCUT2D eigenvalue weighted by Crippen LogP contribution is 2.25. The van der Waals surface area contributed by atoms with Crippen LogP contribution in [0.1, 0.15) is 41.7 Å². The maximum absolute atomic E-state index is 12.9. The molecule has 1 aliphatic rings. The van der Waals surface area contributed by atoms with Gasteiger partial charge in [-0.1, -0.05) is 42.5 Å². The Kier molecular flexibility index (Phi) is 6.87. The van der Waals surface area contributed by atoms with Gasteiger partial charge in [0.15, 0.2) is 5.78 Å². The zero-order chi connectivity index (χ0) is 22.6. The van der Waals surface area contributed by atoms with Gasteiger partial charge in [-0.2, -0.15) is 4.31 Å². The summed E-state index contributed by atoms with van der Waals surface area (Å²) in [6, 6.07) is 13.6. The number of sulfonamides is 1. The molecule has 0 radical (unpaired) electrons. The number of rotatable bonds is 7. The largest absolute Gasteiger partial charge is 0.368 e. The highest BCUT2D eigenvalue weighted by Gasteiger charge is 2.33. The molecule has 2 amide bonds. The van der Waals surface area contributed by atoms with E-state index in [0.29, 0.717) is 24.0 Å². The first-order valence-corrected chi connectivity index (χ1v) is 11.4. The lowest BCUT2D eigenvalue weighted by molar-refractivity contribution is -0.130. The van der Waals surface area contributed by atoms with E-state index in [9.17, 15) is 22.8 Å². The molecule has 0 bridgehead atoms. The number of nitrogens with two attached hydrogens (primary N) is 1. The Balaban J connectivity index is 1.63. The molecule has 8 nitrogen and oxygen atoms in total. The number of carbonyl (C=O) groups is 3. The van der Waals surface area contributed by atoms with E-state index in [1.54, 1.807) is 30.3 Å². The third kappa shape index (κ3) is 5.18. The Morgan fingerprint density at radius 1 is 1.00 bits per heavy atom. The van der Waals surface area contributed by atoms with Crippen molar-refractivity contribution < 1.29 is 22.8 Å².